The maximum Gasteiger partial charge on any atom is 0.281 e. The number of pyridine rings is 1. The van der Waals surface area contributed by atoms with E-state index in [0.717, 1.165) is 12.0 Å². The SMILES string of the molecule is O=c1c2ncccc2n2c(=S)[nH]nc2n1CCc1ccccc1. The summed E-state index contributed by atoms with van der Waals surface area (Å²) in [6.07, 6.45) is 2.34. The molecule has 0 aliphatic heterocycles. The van der Waals surface area contributed by atoms with Crippen molar-refractivity contribution in [1.82, 2.24) is 24.1 Å². The molecule has 0 radical (unpaired) electrons. The summed E-state index contributed by atoms with van der Waals surface area (Å²) in [4.78, 5) is 17.0. The molecular formula is C16H13N5OS. The lowest BCUT2D eigenvalue weighted by Crippen LogP contribution is -2.25. The lowest BCUT2D eigenvalue weighted by atomic mass is 10.1. The predicted octanol–water partition coefficient (Wildman–Crippen LogP) is 2.34. The number of aromatic amines is 1. The summed E-state index contributed by atoms with van der Waals surface area (Å²) in [7, 11) is 0. The summed E-state index contributed by atoms with van der Waals surface area (Å²) in [5, 5.41) is 6.99. The molecule has 4 aromatic rings. The highest BCUT2D eigenvalue weighted by Gasteiger charge is 2.13. The van der Waals surface area contributed by atoms with Crippen LogP contribution in [0.1, 0.15) is 5.56 Å². The maximum absolute atomic E-state index is 12.8. The molecule has 4 rings (SSSR count). The maximum atomic E-state index is 12.8. The van der Waals surface area contributed by atoms with Crippen LogP contribution in [-0.4, -0.2) is 24.1 Å². The number of aryl methyl sites for hydroxylation is 2. The summed E-state index contributed by atoms with van der Waals surface area (Å²) >= 11 is 5.30. The van der Waals surface area contributed by atoms with Crippen molar-refractivity contribution in [3.63, 3.8) is 0 Å². The van der Waals surface area contributed by atoms with Crippen LogP contribution in [0.25, 0.3) is 16.8 Å². The first-order valence-corrected chi connectivity index (χ1v) is 7.65. The molecule has 1 aromatic carbocycles. The second-order valence-electron chi connectivity index (χ2n) is 5.23. The Bertz CT molecular complexity index is 1110. The van der Waals surface area contributed by atoms with E-state index in [0.29, 0.717) is 28.1 Å². The first-order valence-electron chi connectivity index (χ1n) is 7.24. The largest absolute Gasteiger partial charge is 0.281 e. The van der Waals surface area contributed by atoms with Gasteiger partial charge in [0.2, 0.25) is 10.5 Å². The van der Waals surface area contributed by atoms with Crippen molar-refractivity contribution < 1.29 is 0 Å². The lowest BCUT2D eigenvalue weighted by molar-refractivity contribution is 0.677. The summed E-state index contributed by atoms with van der Waals surface area (Å²) in [6.45, 7) is 0.512. The Labute approximate surface area is 136 Å². The average Bonchev–Trinajstić information content (AvgIpc) is 2.97. The van der Waals surface area contributed by atoms with Gasteiger partial charge in [0.1, 0.15) is 0 Å². The molecule has 0 fully saturated rings. The standard InChI is InChI=1S/C16H13N5OS/c22-14-13-12(7-4-9-17-13)21-15(18-19-16(21)23)20(14)10-8-11-5-2-1-3-6-11/h1-7,9H,8,10H2,(H,19,23). The highest BCUT2D eigenvalue weighted by atomic mass is 32.1. The van der Waals surface area contributed by atoms with Crippen molar-refractivity contribution in [2.75, 3.05) is 0 Å². The van der Waals surface area contributed by atoms with Gasteiger partial charge in [-0.2, -0.15) is 0 Å². The molecular weight excluding hydrogens is 310 g/mol. The third-order valence-corrected chi connectivity index (χ3v) is 4.11. The van der Waals surface area contributed by atoms with Gasteiger partial charge in [0, 0.05) is 12.7 Å². The Morgan fingerprint density at radius 2 is 1.96 bits per heavy atom. The third kappa shape index (κ3) is 2.25. The second-order valence-corrected chi connectivity index (χ2v) is 5.61. The van der Waals surface area contributed by atoms with Crippen LogP contribution < -0.4 is 5.56 Å². The van der Waals surface area contributed by atoms with Gasteiger partial charge in [0.05, 0.1) is 5.52 Å². The zero-order valence-electron chi connectivity index (χ0n) is 12.1. The van der Waals surface area contributed by atoms with Gasteiger partial charge in [-0.25, -0.2) is 10.1 Å². The molecule has 1 N–H and O–H groups in total. The van der Waals surface area contributed by atoms with Gasteiger partial charge in [-0.15, -0.1) is 5.10 Å². The molecule has 23 heavy (non-hydrogen) atoms. The molecule has 0 aliphatic carbocycles. The summed E-state index contributed by atoms with van der Waals surface area (Å²) in [6, 6.07) is 13.6. The normalized spacial score (nSPS) is 11.3. The van der Waals surface area contributed by atoms with Gasteiger partial charge >= 0.3 is 0 Å². The molecule has 0 saturated heterocycles. The van der Waals surface area contributed by atoms with E-state index in [4.69, 9.17) is 12.2 Å². The fraction of sp³-hybridized carbons (Fsp3) is 0.125. The quantitative estimate of drug-likeness (QED) is 0.588. The Morgan fingerprint density at radius 1 is 1.13 bits per heavy atom. The number of nitrogens with one attached hydrogen (secondary N) is 1. The second kappa shape index (κ2) is 5.44. The van der Waals surface area contributed by atoms with Gasteiger partial charge in [0.25, 0.3) is 5.56 Å². The van der Waals surface area contributed by atoms with Gasteiger partial charge in [-0.1, -0.05) is 30.3 Å². The Kier molecular flexibility index (Phi) is 3.27. The molecule has 114 valence electrons. The van der Waals surface area contributed by atoms with E-state index in [9.17, 15) is 4.79 Å². The summed E-state index contributed by atoms with van der Waals surface area (Å²) < 4.78 is 3.82. The molecule has 7 heteroatoms. The molecule has 0 aliphatic rings. The zero-order valence-corrected chi connectivity index (χ0v) is 13.0. The molecule has 3 heterocycles. The van der Waals surface area contributed by atoms with Crippen molar-refractivity contribution in [2.24, 2.45) is 0 Å². The lowest BCUT2D eigenvalue weighted by Gasteiger charge is -2.09. The van der Waals surface area contributed by atoms with Gasteiger partial charge in [-0.05, 0) is 36.3 Å². The van der Waals surface area contributed by atoms with E-state index >= 15 is 0 Å². The van der Waals surface area contributed by atoms with Crippen LogP contribution in [0.15, 0.2) is 53.5 Å². The summed E-state index contributed by atoms with van der Waals surface area (Å²) in [5.41, 5.74) is 2.07. The number of aromatic nitrogens is 5. The van der Waals surface area contributed by atoms with Crippen molar-refractivity contribution in [2.45, 2.75) is 13.0 Å². The number of hydrogen-bond acceptors (Lipinski definition) is 4. The molecule has 0 amide bonds. The molecule has 3 aromatic heterocycles. The number of nitrogens with zero attached hydrogens (tertiary/aromatic N) is 4. The van der Waals surface area contributed by atoms with Crippen LogP contribution >= 0.6 is 12.2 Å². The van der Waals surface area contributed by atoms with E-state index in [-0.39, 0.29) is 5.56 Å². The molecule has 0 atom stereocenters. The van der Waals surface area contributed by atoms with Crippen LogP contribution in [0.2, 0.25) is 0 Å². The van der Waals surface area contributed by atoms with Crippen LogP contribution in [0.4, 0.5) is 0 Å². The van der Waals surface area contributed by atoms with E-state index in [1.54, 1.807) is 21.2 Å². The fourth-order valence-electron chi connectivity index (χ4n) is 2.73. The minimum atomic E-state index is -0.155. The first kappa shape index (κ1) is 13.8. The van der Waals surface area contributed by atoms with E-state index in [2.05, 4.69) is 15.2 Å². The molecule has 0 bridgehead atoms. The van der Waals surface area contributed by atoms with E-state index in [1.807, 2.05) is 36.4 Å². The average molecular weight is 323 g/mol. The van der Waals surface area contributed by atoms with Crippen LogP contribution in [0.5, 0.6) is 0 Å². The zero-order chi connectivity index (χ0) is 15.8. The number of fused-ring (bicyclic) bond motifs is 3. The van der Waals surface area contributed by atoms with Crippen molar-refractivity contribution in [1.29, 1.82) is 0 Å². The third-order valence-electron chi connectivity index (χ3n) is 3.84. The van der Waals surface area contributed by atoms with Crippen LogP contribution in [0, 0.1) is 4.77 Å². The van der Waals surface area contributed by atoms with E-state index < -0.39 is 0 Å². The Hall–Kier alpha value is -2.80. The molecule has 0 spiro atoms. The first-order chi connectivity index (χ1) is 11.3. The van der Waals surface area contributed by atoms with Crippen LogP contribution in [-0.2, 0) is 13.0 Å². The van der Waals surface area contributed by atoms with Crippen molar-refractivity contribution in [3.05, 3.63) is 69.3 Å². The Balaban J connectivity index is 1.93. The van der Waals surface area contributed by atoms with Crippen LogP contribution in [0.3, 0.4) is 0 Å². The monoisotopic (exact) mass is 323 g/mol. The number of hydrogen-bond donors (Lipinski definition) is 1. The highest BCUT2D eigenvalue weighted by Crippen LogP contribution is 2.11. The minimum absolute atomic E-state index is 0.155. The Morgan fingerprint density at radius 3 is 2.78 bits per heavy atom. The topological polar surface area (TPSA) is 68.0 Å². The van der Waals surface area contributed by atoms with Gasteiger partial charge in [-0.3, -0.25) is 13.8 Å². The molecule has 0 saturated carbocycles. The number of benzene rings is 1. The van der Waals surface area contributed by atoms with Gasteiger partial charge in [0.15, 0.2) is 5.52 Å². The predicted molar refractivity (Wildman–Crippen MR) is 90.1 cm³/mol. The summed E-state index contributed by atoms with van der Waals surface area (Å²) in [5.74, 6) is 0.511. The fourth-order valence-corrected chi connectivity index (χ4v) is 2.96. The number of H-pyrrole nitrogens is 1. The van der Waals surface area contributed by atoms with Crippen molar-refractivity contribution in [3.8, 4) is 0 Å². The number of rotatable bonds is 3. The highest BCUT2D eigenvalue weighted by molar-refractivity contribution is 7.71. The molecule has 6 nitrogen and oxygen atoms in total. The molecule has 0 unspecified atom stereocenters. The van der Waals surface area contributed by atoms with E-state index in [1.165, 1.54) is 0 Å². The van der Waals surface area contributed by atoms with Crippen molar-refractivity contribution >= 4 is 29.0 Å². The smallest absolute Gasteiger partial charge is 0.275 e. The minimum Gasteiger partial charge on any atom is -0.275 e. The van der Waals surface area contributed by atoms with Gasteiger partial charge < -0.3 is 0 Å².